The van der Waals surface area contributed by atoms with Crippen molar-refractivity contribution in [2.24, 2.45) is 0 Å². The highest BCUT2D eigenvalue weighted by Crippen LogP contribution is 2.49. The monoisotopic (exact) mass is 1730 g/mol. The van der Waals surface area contributed by atoms with Gasteiger partial charge in [-0.15, -0.1) is 0 Å². The van der Waals surface area contributed by atoms with Crippen molar-refractivity contribution < 1.29 is 0 Å². The topological polar surface area (TPSA) is 0 Å². The van der Waals surface area contributed by atoms with Gasteiger partial charge in [0.25, 0.3) is 0 Å². The normalized spacial score (nSPS) is 12.4. The summed E-state index contributed by atoms with van der Waals surface area (Å²) in [5, 5.41) is 0. The highest BCUT2D eigenvalue weighted by molar-refractivity contribution is 7.38. The first-order valence-corrected chi connectivity index (χ1v) is 55.8. The van der Waals surface area contributed by atoms with Crippen LogP contribution in [0.2, 0.25) is 197 Å². The molecule has 0 amide bonds. The lowest BCUT2D eigenvalue weighted by molar-refractivity contribution is 0.876. The van der Waals surface area contributed by atoms with Gasteiger partial charge in [0.05, 0.1) is 40.4 Å². The standard InChI is InChI=1S/C44H88B12Cl24Si5/c57-45(58)13-1-25-81(26-2-14-46(59)60,27-3-15-47(61)62)37-41-85(42-38-82(28-4-16-48(63)64,29-5-17-49(65)66)30-6-18-50(67)68,43-39-83(31-7-19-51(69)70,32-8-20-52(71)72)33-9-21-53(73)74)44-40-84(34-10-22-54(75)76,35-11-23-55(77)78)36-12-24-56(79)80/h1-44H2. The fraction of sp³-hybridized carbons (Fsp3) is 1.00. The molecule has 0 aliphatic heterocycles. The van der Waals surface area contributed by atoms with Gasteiger partial charge < -0.3 is 0 Å². The van der Waals surface area contributed by atoms with E-state index in [9.17, 15) is 0 Å². The third kappa shape index (κ3) is 52.5. The second kappa shape index (κ2) is 55.4. The molecule has 0 saturated carbocycles. The van der Waals surface area contributed by atoms with E-state index in [0.29, 0.717) is 0 Å². The van der Waals surface area contributed by atoms with Crippen molar-refractivity contribution in [2.45, 2.75) is 274 Å². The fourth-order valence-corrected chi connectivity index (χ4v) is 53.1. The highest BCUT2D eigenvalue weighted by Gasteiger charge is 2.46. The molecule has 0 heterocycles. The number of hydrogen-bond donors (Lipinski definition) is 0. The minimum Gasteiger partial charge on any atom is -0.172 e. The van der Waals surface area contributed by atoms with E-state index in [2.05, 4.69) is 0 Å². The molecule has 41 heteroatoms. The van der Waals surface area contributed by atoms with Crippen LogP contribution in [-0.4, -0.2) is 107 Å². The minimum atomic E-state index is -2.45. The Kier molecular flexibility index (Phi) is 61.2. The Morgan fingerprint density at radius 3 is 0.259 bits per heavy atom. The van der Waals surface area contributed by atoms with Crippen molar-refractivity contribution >= 4 is 382 Å². The van der Waals surface area contributed by atoms with Crippen molar-refractivity contribution in [3.63, 3.8) is 0 Å². The maximum atomic E-state index is 6.58. The van der Waals surface area contributed by atoms with E-state index in [1.54, 1.807) is 0 Å². The zero-order valence-electron chi connectivity index (χ0n) is 49.6. The first-order chi connectivity index (χ1) is 39.8. The summed E-state index contributed by atoms with van der Waals surface area (Å²) >= 11 is 158. The lowest BCUT2D eigenvalue weighted by Crippen LogP contribution is -2.47. The van der Waals surface area contributed by atoms with Gasteiger partial charge >= 0.3 is 66.5 Å². The van der Waals surface area contributed by atoms with Crippen LogP contribution in [0.5, 0.6) is 0 Å². The van der Waals surface area contributed by atoms with Gasteiger partial charge in [0.2, 0.25) is 0 Å². The minimum absolute atomic E-state index is 0.449. The van der Waals surface area contributed by atoms with Gasteiger partial charge in [0, 0.05) is 0 Å². The van der Waals surface area contributed by atoms with Gasteiger partial charge in [0.15, 0.2) is 0 Å². The molecule has 0 spiro atoms. The molecular formula is C44H88B12Cl24Si5. The molecule has 0 fully saturated rings. The SMILES string of the molecule is ClB(Cl)CCC[Si](CCCB(Cl)Cl)(CCCB(Cl)Cl)CC[Si](CC[Si](CCCB(Cl)Cl)(CCCB(Cl)Cl)CCCB(Cl)Cl)(CC[Si](CCCB(Cl)Cl)(CCCB(Cl)Cl)CCCB(Cl)Cl)CC[Si](CCCB(Cl)Cl)(CCCB(Cl)Cl)CCCB(Cl)Cl. The Hall–Kier alpha value is 8.82. The number of halogens is 24. The molecule has 0 nitrogen and oxygen atoms in total. The summed E-state index contributed by atoms with van der Waals surface area (Å²) in [5.74, 6) is 0. The summed E-state index contributed by atoms with van der Waals surface area (Å²) in [4.78, 5) is 0. The Labute approximate surface area is 646 Å². The second-order valence-corrected chi connectivity index (χ2v) is 65.2. The Morgan fingerprint density at radius 1 is 0.118 bits per heavy atom. The summed E-state index contributed by atoms with van der Waals surface area (Å²) in [6.07, 6.45) is 20.1. The average Bonchev–Trinajstić information content (AvgIpc) is 3.45. The summed E-state index contributed by atoms with van der Waals surface area (Å²) in [6.45, 7) is 0. The molecule has 0 aliphatic rings. The molecule has 0 rings (SSSR count). The summed E-state index contributed by atoms with van der Waals surface area (Å²) < 4.78 is 0. The van der Waals surface area contributed by atoms with Gasteiger partial charge in [-0.1, -0.05) is 198 Å². The van der Waals surface area contributed by atoms with Crippen LogP contribution in [0.15, 0.2) is 0 Å². The zero-order chi connectivity index (χ0) is 64.5. The summed E-state index contributed by atoms with van der Waals surface area (Å²) in [7, 11) is -11.2. The van der Waals surface area contributed by atoms with Crippen molar-refractivity contribution in [2.75, 3.05) is 0 Å². The molecule has 0 aromatic carbocycles. The van der Waals surface area contributed by atoms with E-state index in [-0.39, 0.29) is 0 Å². The van der Waals surface area contributed by atoms with Crippen LogP contribution < -0.4 is 0 Å². The maximum Gasteiger partial charge on any atom is 0.351 e. The molecule has 0 aliphatic carbocycles. The summed E-state index contributed by atoms with van der Waals surface area (Å²) in [5.41, 5.74) is -5.38. The Bertz CT molecular complexity index is 1230. The van der Waals surface area contributed by atoms with Crippen LogP contribution in [0, 0.1) is 0 Å². The van der Waals surface area contributed by atoms with Crippen molar-refractivity contribution in [3.05, 3.63) is 0 Å². The largest absolute Gasteiger partial charge is 0.351 e. The molecule has 0 radical (unpaired) electrons. The lowest BCUT2D eigenvalue weighted by atomic mass is 9.99. The molecule has 0 unspecified atom stereocenters. The second-order valence-electron chi connectivity index (χ2n) is 24.9. The van der Waals surface area contributed by atoms with Crippen LogP contribution in [0.3, 0.4) is 0 Å². The first-order valence-electron chi connectivity index (χ1n) is 31.2. The van der Waals surface area contributed by atoms with Crippen LogP contribution in [-0.2, 0) is 0 Å². The van der Waals surface area contributed by atoms with E-state index in [1.807, 2.05) is 0 Å². The predicted molar refractivity (Wildman–Crippen MR) is 448 cm³/mol. The van der Waals surface area contributed by atoms with Crippen LogP contribution >= 0.6 is 275 Å². The van der Waals surface area contributed by atoms with Crippen LogP contribution in [0.1, 0.15) is 77.0 Å². The highest BCUT2D eigenvalue weighted by atomic mass is 35.6. The molecular weight excluding hydrogens is 1650 g/mol. The first kappa shape index (κ1) is 93.8. The van der Waals surface area contributed by atoms with Crippen LogP contribution in [0.4, 0.5) is 0 Å². The van der Waals surface area contributed by atoms with E-state index in [0.717, 1.165) is 225 Å². The molecule has 0 aromatic rings. The van der Waals surface area contributed by atoms with Gasteiger partial charge in [0.1, 0.15) is 0 Å². The van der Waals surface area contributed by atoms with Gasteiger partial charge in [-0.25, -0.2) is 0 Å². The lowest BCUT2D eigenvalue weighted by Gasteiger charge is -2.45. The third-order valence-electron chi connectivity index (χ3n) is 18.3. The zero-order valence-corrected chi connectivity index (χ0v) is 72.8. The van der Waals surface area contributed by atoms with Gasteiger partial charge in [-0.05, 0) is 75.8 Å². The van der Waals surface area contributed by atoms with Gasteiger partial charge in [-0.2, -0.15) is 275 Å². The van der Waals surface area contributed by atoms with E-state index < -0.39 is 107 Å². The van der Waals surface area contributed by atoms with Crippen molar-refractivity contribution in [3.8, 4) is 0 Å². The Morgan fingerprint density at radius 2 is 0.188 bits per heavy atom. The maximum absolute atomic E-state index is 6.58. The van der Waals surface area contributed by atoms with E-state index >= 15 is 0 Å². The molecule has 85 heavy (non-hydrogen) atoms. The van der Waals surface area contributed by atoms with Crippen LogP contribution in [0.25, 0.3) is 0 Å². The molecule has 0 bridgehead atoms. The fourth-order valence-electron chi connectivity index (χ4n) is 13.4. The smallest absolute Gasteiger partial charge is 0.172 e. The van der Waals surface area contributed by atoms with Crippen molar-refractivity contribution in [1.82, 2.24) is 0 Å². The van der Waals surface area contributed by atoms with Crippen molar-refractivity contribution in [1.29, 1.82) is 0 Å². The summed E-state index contributed by atoms with van der Waals surface area (Å²) in [6, 6.07) is 22.7. The molecule has 0 aromatic heterocycles. The molecule has 488 valence electrons. The number of hydrogen-bond acceptors (Lipinski definition) is 0. The van der Waals surface area contributed by atoms with E-state index in [1.165, 1.54) is 48.4 Å². The quantitative estimate of drug-likeness (QED) is 0.0533. The third-order valence-corrected chi connectivity index (χ3v) is 53.0. The molecule has 0 N–H and O–H groups in total. The molecule has 0 atom stereocenters. The predicted octanol–water partition coefficient (Wildman–Crippen LogP) is 29.5. The average molecular weight is 1740 g/mol. The molecule has 0 saturated heterocycles. The number of rotatable bonds is 60. The Balaban J connectivity index is 9.30. The van der Waals surface area contributed by atoms with Gasteiger partial charge in [-0.3, -0.25) is 0 Å². The van der Waals surface area contributed by atoms with E-state index in [4.69, 9.17) is 275 Å².